The highest BCUT2D eigenvalue weighted by molar-refractivity contribution is 14.1. The van der Waals surface area contributed by atoms with E-state index in [-0.39, 0.29) is 30.0 Å². The van der Waals surface area contributed by atoms with E-state index < -0.39 is 5.60 Å². The maximum atomic E-state index is 11.8. The van der Waals surface area contributed by atoms with Gasteiger partial charge < -0.3 is 9.84 Å². The molecule has 1 aliphatic carbocycles. The molecule has 100 valence electrons. The van der Waals surface area contributed by atoms with Gasteiger partial charge in [-0.2, -0.15) is 0 Å². The zero-order valence-corrected chi connectivity index (χ0v) is 13.0. The molecule has 17 heavy (non-hydrogen) atoms. The van der Waals surface area contributed by atoms with Crippen LogP contribution in [-0.4, -0.2) is 28.8 Å². The lowest BCUT2D eigenvalue weighted by Crippen LogP contribution is -2.46. The van der Waals surface area contributed by atoms with Crippen molar-refractivity contribution in [1.29, 1.82) is 0 Å². The molecule has 1 rings (SSSR count). The number of hydrogen-bond donors (Lipinski definition) is 2. The average molecular weight is 355 g/mol. The SMILES string of the molecule is CC(NI)C(C)C(=O)OC1CC(C(C)(C)O)C1. The van der Waals surface area contributed by atoms with Gasteiger partial charge in [-0.15, -0.1) is 0 Å². The Morgan fingerprint density at radius 2 is 2.00 bits per heavy atom. The normalized spacial score (nSPS) is 28.1. The van der Waals surface area contributed by atoms with Crippen LogP contribution in [0.5, 0.6) is 0 Å². The molecule has 0 aromatic rings. The third kappa shape index (κ3) is 4.06. The molecule has 2 atom stereocenters. The fraction of sp³-hybridized carbons (Fsp3) is 0.917. The third-order valence-electron chi connectivity index (χ3n) is 3.67. The van der Waals surface area contributed by atoms with Gasteiger partial charge in [-0.25, -0.2) is 0 Å². The lowest BCUT2D eigenvalue weighted by molar-refractivity contribution is -0.167. The lowest BCUT2D eigenvalue weighted by atomic mass is 9.72. The number of halogens is 1. The molecule has 0 aromatic carbocycles. The summed E-state index contributed by atoms with van der Waals surface area (Å²) in [6, 6.07) is 0.105. The first kappa shape index (κ1) is 15.2. The van der Waals surface area contributed by atoms with Gasteiger partial charge >= 0.3 is 5.97 Å². The number of ether oxygens (including phenoxy) is 1. The molecule has 2 N–H and O–H groups in total. The molecule has 4 nitrogen and oxygen atoms in total. The van der Waals surface area contributed by atoms with Crippen molar-refractivity contribution in [1.82, 2.24) is 3.53 Å². The minimum atomic E-state index is -0.661. The smallest absolute Gasteiger partial charge is 0.310 e. The monoisotopic (exact) mass is 355 g/mol. The number of nitrogens with one attached hydrogen (secondary N) is 1. The molecule has 0 spiro atoms. The van der Waals surface area contributed by atoms with Gasteiger partial charge in [-0.05, 0) is 39.5 Å². The molecule has 1 saturated carbocycles. The van der Waals surface area contributed by atoms with Crippen molar-refractivity contribution in [2.75, 3.05) is 0 Å². The Morgan fingerprint density at radius 3 is 2.41 bits per heavy atom. The minimum Gasteiger partial charge on any atom is -0.462 e. The van der Waals surface area contributed by atoms with Crippen molar-refractivity contribution >= 4 is 28.8 Å². The largest absolute Gasteiger partial charge is 0.462 e. The van der Waals surface area contributed by atoms with Gasteiger partial charge in [0.2, 0.25) is 0 Å². The van der Waals surface area contributed by atoms with Crippen LogP contribution < -0.4 is 3.53 Å². The van der Waals surface area contributed by atoms with Crippen LogP contribution in [0.4, 0.5) is 0 Å². The van der Waals surface area contributed by atoms with E-state index in [2.05, 4.69) is 3.53 Å². The van der Waals surface area contributed by atoms with E-state index in [9.17, 15) is 9.90 Å². The molecule has 2 unspecified atom stereocenters. The number of carbonyl (C=O) groups excluding carboxylic acids is 1. The molecule has 0 aromatic heterocycles. The maximum absolute atomic E-state index is 11.8. The number of carbonyl (C=O) groups is 1. The van der Waals surface area contributed by atoms with E-state index in [1.807, 2.05) is 36.7 Å². The summed E-state index contributed by atoms with van der Waals surface area (Å²) in [5, 5.41) is 9.77. The van der Waals surface area contributed by atoms with E-state index in [0.717, 1.165) is 12.8 Å². The zero-order valence-electron chi connectivity index (χ0n) is 10.9. The van der Waals surface area contributed by atoms with Gasteiger partial charge in [-0.1, -0.05) is 6.92 Å². The predicted molar refractivity (Wildman–Crippen MR) is 74.7 cm³/mol. The van der Waals surface area contributed by atoms with E-state index in [1.165, 1.54) is 0 Å². The number of esters is 1. The van der Waals surface area contributed by atoms with E-state index >= 15 is 0 Å². The summed E-state index contributed by atoms with van der Waals surface area (Å²) in [6.07, 6.45) is 1.53. The van der Waals surface area contributed by atoms with Gasteiger partial charge in [0, 0.05) is 28.9 Å². The van der Waals surface area contributed by atoms with Crippen LogP contribution in [0.15, 0.2) is 0 Å². The Bertz CT molecular complexity index is 271. The van der Waals surface area contributed by atoms with Crippen LogP contribution in [-0.2, 0) is 9.53 Å². The number of aliphatic hydroxyl groups is 1. The maximum Gasteiger partial charge on any atom is 0.310 e. The third-order valence-corrected chi connectivity index (χ3v) is 4.65. The summed E-state index contributed by atoms with van der Waals surface area (Å²) < 4.78 is 8.42. The van der Waals surface area contributed by atoms with Crippen molar-refractivity contribution in [3.63, 3.8) is 0 Å². The van der Waals surface area contributed by atoms with E-state index in [0.29, 0.717) is 0 Å². The second-order valence-electron chi connectivity index (χ2n) is 5.57. The highest BCUT2D eigenvalue weighted by atomic mass is 127. The summed E-state index contributed by atoms with van der Waals surface area (Å²) >= 11 is 2.04. The van der Waals surface area contributed by atoms with Crippen molar-refractivity contribution in [2.45, 2.75) is 58.3 Å². The fourth-order valence-electron chi connectivity index (χ4n) is 1.81. The van der Waals surface area contributed by atoms with E-state index in [4.69, 9.17) is 4.74 Å². The van der Waals surface area contributed by atoms with Crippen LogP contribution in [0.25, 0.3) is 0 Å². The number of hydrogen-bond acceptors (Lipinski definition) is 4. The van der Waals surface area contributed by atoms with Gasteiger partial charge in [0.15, 0.2) is 0 Å². The van der Waals surface area contributed by atoms with Gasteiger partial charge in [0.05, 0.1) is 11.5 Å². The topological polar surface area (TPSA) is 58.6 Å². The zero-order chi connectivity index (χ0) is 13.2. The molecule has 0 amide bonds. The highest BCUT2D eigenvalue weighted by Gasteiger charge is 2.41. The van der Waals surface area contributed by atoms with Gasteiger partial charge in [0.25, 0.3) is 0 Å². The highest BCUT2D eigenvalue weighted by Crippen LogP contribution is 2.38. The first-order valence-corrected chi connectivity index (χ1v) is 7.12. The summed E-state index contributed by atoms with van der Waals surface area (Å²) in [6.45, 7) is 7.43. The Balaban J connectivity index is 2.31. The standard InChI is InChI=1S/C12H22INO3/c1-7(8(2)14-13)11(15)17-10-5-9(6-10)12(3,4)16/h7-10,14,16H,5-6H2,1-4H3. The molecule has 0 bridgehead atoms. The first-order valence-electron chi connectivity index (χ1n) is 6.04. The lowest BCUT2D eigenvalue weighted by Gasteiger charge is -2.42. The van der Waals surface area contributed by atoms with Crippen LogP contribution in [0.2, 0.25) is 0 Å². The quantitative estimate of drug-likeness (QED) is 0.450. The molecule has 1 fully saturated rings. The van der Waals surface area contributed by atoms with Gasteiger partial charge in [-0.3, -0.25) is 8.32 Å². The molecule has 0 saturated heterocycles. The second-order valence-corrected chi connectivity index (χ2v) is 6.19. The van der Waals surface area contributed by atoms with Gasteiger partial charge in [0.1, 0.15) is 6.10 Å². The molecule has 0 radical (unpaired) electrons. The van der Waals surface area contributed by atoms with E-state index in [1.54, 1.807) is 13.8 Å². The van der Waals surface area contributed by atoms with Crippen LogP contribution in [0.1, 0.15) is 40.5 Å². The van der Waals surface area contributed by atoms with Crippen LogP contribution in [0.3, 0.4) is 0 Å². The molecule has 1 aliphatic rings. The molecule has 0 aliphatic heterocycles. The average Bonchev–Trinajstić information content (AvgIpc) is 2.18. The Kier molecular flexibility index (Phi) is 5.21. The Morgan fingerprint density at radius 1 is 1.47 bits per heavy atom. The predicted octanol–water partition coefficient (Wildman–Crippen LogP) is 2.04. The number of rotatable bonds is 5. The summed E-state index contributed by atoms with van der Waals surface area (Å²) in [5.74, 6) is -0.0512. The van der Waals surface area contributed by atoms with Crippen LogP contribution >= 0.6 is 22.9 Å². The Hall–Kier alpha value is 0.120. The minimum absolute atomic E-state index is 0.0113. The summed E-state index contributed by atoms with van der Waals surface area (Å²) in [4.78, 5) is 11.8. The Labute approximate surface area is 117 Å². The first-order chi connectivity index (χ1) is 7.75. The van der Waals surface area contributed by atoms with Crippen LogP contribution in [0, 0.1) is 11.8 Å². The molecule has 5 heteroatoms. The molecular weight excluding hydrogens is 333 g/mol. The van der Waals surface area contributed by atoms with Crippen molar-refractivity contribution in [2.24, 2.45) is 11.8 Å². The summed E-state index contributed by atoms with van der Waals surface area (Å²) in [7, 11) is 0. The summed E-state index contributed by atoms with van der Waals surface area (Å²) in [5.41, 5.74) is -0.661. The fourth-order valence-corrected chi connectivity index (χ4v) is 2.35. The second kappa shape index (κ2) is 5.84. The van der Waals surface area contributed by atoms with Crippen molar-refractivity contribution in [3.05, 3.63) is 0 Å². The van der Waals surface area contributed by atoms with Crippen molar-refractivity contribution < 1.29 is 14.6 Å². The van der Waals surface area contributed by atoms with Crippen molar-refractivity contribution in [3.8, 4) is 0 Å². The molecule has 0 heterocycles. The molecular formula is C12H22INO3.